The van der Waals surface area contributed by atoms with Crippen molar-refractivity contribution < 1.29 is 52.8 Å². The number of allylic oxidation sites excluding steroid dienone is 7. The number of aliphatic hydroxyl groups excluding tert-OH is 1. The molecule has 1 aromatic rings. The summed E-state index contributed by atoms with van der Waals surface area (Å²) in [6, 6.07) is 3.35. The Bertz CT molecular complexity index is 2240. The van der Waals surface area contributed by atoms with Crippen LogP contribution in [0, 0.1) is 30.1 Å². The number of aliphatic hydroxyl groups is 1. The quantitative estimate of drug-likeness (QED) is 0.0167. The average Bonchev–Trinajstić information content (AvgIpc) is 3.32. The van der Waals surface area contributed by atoms with Crippen LogP contribution in [0.15, 0.2) is 96.2 Å². The molecule has 0 unspecified atom stereocenters. The molecule has 0 bridgehead atoms. The fourth-order valence-electron chi connectivity index (χ4n) is 9.02. The molecule has 17 nitrogen and oxygen atoms in total. The molecule has 7 N–H and O–H groups in total. The van der Waals surface area contributed by atoms with Crippen LogP contribution in [0.4, 0.5) is 20.1 Å². The lowest BCUT2D eigenvalue weighted by Gasteiger charge is -2.54. The van der Waals surface area contributed by atoms with Gasteiger partial charge < -0.3 is 51.1 Å². The summed E-state index contributed by atoms with van der Waals surface area (Å²) in [6.45, 7) is 14.1. The minimum atomic E-state index is -1.06. The van der Waals surface area contributed by atoms with Crippen molar-refractivity contribution in [1.29, 1.82) is 0 Å². The van der Waals surface area contributed by atoms with Crippen molar-refractivity contribution in [3.63, 3.8) is 0 Å². The summed E-state index contributed by atoms with van der Waals surface area (Å²) >= 11 is 0. The number of amides is 6. The van der Waals surface area contributed by atoms with Crippen molar-refractivity contribution in [1.82, 2.24) is 20.9 Å². The van der Waals surface area contributed by atoms with Gasteiger partial charge in [0, 0.05) is 50.0 Å². The fraction of sp³-hybridized carbons (Fsp3) is 0.527. The van der Waals surface area contributed by atoms with E-state index in [-0.39, 0.29) is 68.5 Å². The number of urea groups is 1. The van der Waals surface area contributed by atoms with Crippen LogP contribution in [0.2, 0.25) is 0 Å². The normalized spacial score (nSPS) is 23.9. The van der Waals surface area contributed by atoms with Crippen molar-refractivity contribution in [3.05, 3.63) is 102 Å². The first kappa shape index (κ1) is 57.9. The lowest BCUT2D eigenvalue weighted by Crippen LogP contribution is -2.64. The second-order valence-corrected chi connectivity index (χ2v) is 19.2. The summed E-state index contributed by atoms with van der Waals surface area (Å²) in [5, 5.41) is 22.0. The van der Waals surface area contributed by atoms with Gasteiger partial charge in [-0.3, -0.25) is 14.5 Å². The number of cyclic esters (lactones) is 1. The highest BCUT2D eigenvalue weighted by Crippen LogP contribution is 2.44. The Balaban J connectivity index is 1.46. The van der Waals surface area contributed by atoms with Gasteiger partial charge in [0.15, 0.2) is 0 Å². The van der Waals surface area contributed by atoms with Crippen LogP contribution < -0.4 is 27.0 Å². The maximum Gasteiger partial charge on any atom is 0.410 e. The van der Waals surface area contributed by atoms with Gasteiger partial charge in [-0.25, -0.2) is 19.2 Å². The molecule has 2 saturated heterocycles. The molecule has 3 aliphatic heterocycles. The monoisotopic (exact) mass is 997 g/mol. The zero-order chi connectivity index (χ0) is 52.8. The van der Waals surface area contributed by atoms with Crippen LogP contribution in [0.25, 0.3) is 0 Å². The molecule has 6 amide bonds. The summed E-state index contributed by atoms with van der Waals surface area (Å²) in [5.74, 6) is 0.587. The van der Waals surface area contributed by atoms with E-state index >= 15 is 0 Å². The minimum Gasteiger partial charge on any atom is -0.455 e. The Morgan fingerprint density at radius 2 is 1.81 bits per heavy atom. The molecule has 0 aromatic heterocycles. The Kier molecular flexibility index (Phi) is 23.3. The molecule has 3 heterocycles. The number of rotatable bonds is 22. The number of carbonyl (C=O) groups is 6. The molecule has 1 spiro atoms. The lowest BCUT2D eigenvalue weighted by atomic mass is 9.74. The Morgan fingerprint density at radius 1 is 1.06 bits per heavy atom. The topological polar surface area (TPSA) is 237 Å². The van der Waals surface area contributed by atoms with Crippen LogP contribution in [0.1, 0.15) is 105 Å². The van der Waals surface area contributed by atoms with E-state index in [1.165, 1.54) is 6.08 Å². The van der Waals surface area contributed by atoms with Crippen LogP contribution in [-0.2, 0) is 39.9 Å². The Morgan fingerprint density at radius 3 is 2.49 bits per heavy atom. The second kappa shape index (κ2) is 29.0. The third-order valence-corrected chi connectivity index (χ3v) is 12.8. The number of piperidine rings is 1. The average molecular weight is 997 g/mol. The molecule has 17 heteroatoms. The number of terminal acetylenes is 1. The first-order chi connectivity index (χ1) is 34.3. The summed E-state index contributed by atoms with van der Waals surface area (Å²) < 4.78 is 23.2. The van der Waals surface area contributed by atoms with E-state index in [0.717, 1.165) is 17.6 Å². The number of nitrogens with two attached hydrogens (primary N) is 1. The van der Waals surface area contributed by atoms with Gasteiger partial charge >= 0.3 is 24.2 Å². The molecule has 9 atom stereocenters. The number of nitrogens with zero attached hydrogens (tertiary/aromatic N) is 1. The predicted octanol–water partition coefficient (Wildman–Crippen LogP) is 7.44. The summed E-state index contributed by atoms with van der Waals surface area (Å²) in [6.07, 6.45) is 25.5. The number of likely N-dealkylation sites (tertiary alicyclic amines) is 1. The van der Waals surface area contributed by atoms with Gasteiger partial charge in [-0.05, 0) is 88.5 Å². The van der Waals surface area contributed by atoms with E-state index in [1.54, 1.807) is 43.0 Å². The van der Waals surface area contributed by atoms with Crippen molar-refractivity contribution in [2.75, 3.05) is 25.0 Å². The number of anilines is 1. The summed E-state index contributed by atoms with van der Waals surface area (Å²) in [7, 11) is 0. The smallest absolute Gasteiger partial charge is 0.410 e. The van der Waals surface area contributed by atoms with Crippen molar-refractivity contribution >= 4 is 41.7 Å². The summed E-state index contributed by atoms with van der Waals surface area (Å²) in [4.78, 5) is 78.2. The second-order valence-electron chi connectivity index (χ2n) is 19.2. The van der Waals surface area contributed by atoms with Crippen LogP contribution in [0.3, 0.4) is 0 Å². The van der Waals surface area contributed by atoms with Crippen LogP contribution in [-0.4, -0.2) is 108 Å². The molecule has 3 aliphatic rings. The third kappa shape index (κ3) is 18.5. The number of nitrogens with one attached hydrogen (secondary N) is 4. The zero-order valence-electron chi connectivity index (χ0n) is 42.9. The zero-order valence-corrected chi connectivity index (χ0v) is 42.9. The molecule has 1 aromatic carbocycles. The molecular weight excluding hydrogens is 921 g/mol. The maximum absolute atomic E-state index is 14.1. The molecule has 0 saturated carbocycles. The van der Waals surface area contributed by atoms with Gasteiger partial charge in [0.2, 0.25) is 11.8 Å². The highest BCUT2D eigenvalue weighted by Gasteiger charge is 2.53. The van der Waals surface area contributed by atoms with Gasteiger partial charge in [0.1, 0.15) is 31.4 Å². The number of ether oxygens (including phenoxy) is 4. The highest BCUT2D eigenvalue weighted by atomic mass is 16.6. The summed E-state index contributed by atoms with van der Waals surface area (Å²) in [5.41, 5.74) is 7.59. The molecule has 4 rings (SSSR count). The minimum absolute atomic E-state index is 0.0241. The van der Waals surface area contributed by atoms with E-state index in [4.69, 9.17) is 31.1 Å². The standard InChI is InChI=1S/C55H76N6O11/c1-9-11-31-69-53(67)60-49(36(3)4)51(65)59-44(19-14-29-57-52(56)66)50(64)58-42-25-23-41(24-26-42)35-70-54(68)61-30-15-28-55(34-45(62)40(8)46(72-55)16-10-2)47(61)20-12-17-37(5)32-39(7)33-38(6)22-27-43-18-13-21-48(63)71-43/h1,10,12-13,16-17,20-27,33,36,39-40,43-47,49,62H,11,14-15,18-19,28-32,34-35H2,2-8H3,(H,58,64)(H,59,65)(H,60,67)(H3,56,57,66)/b16-10+,20-12+,27-22+,37-17+,38-33-/t39-,40+,43-,44+,45-,46+,47-,49+,55+/m1/s1. The number of benzene rings is 1. The number of hydrogen-bond acceptors (Lipinski definition) is 11. The Hall–Kier alpha value is -6.64. The van der Waals surface area contributed by atoms with Crippen LogP contribution in [0.5, 0.6) is 0 Å². The van der Waals surface area contributed by atoms with Gasteiger partial charge in [0.05, 0.1) is 23.9 Å². The largest absolute Gasteiger partial charge is 0.455 e. The molecule has 0 aliphatic carbocycles. The lowest BCUT2D eigenvalue weighted by molar-refractivity contribution is -0.204. The Labute approximate surface area is 425 Å². The molecular formula is C55H76N6O11. The van der Waals surface area contributed by atoms with Gasteiger partial charge in [0.25, 0.3) is 0 Å². The maximum atomic E-state index is 14.1. The van der Waals surface area contributed by atoms with E-state index in [2.05, 4.69) is 47.1 Å². The van der Waals surface area contributed by atoms with Gasteiger partial charge in [-0.1, -0.05) is 99.6 Å². The SMILES string of the molecule is C#CCCOC(=O)N[C@H](C(=O)N[C@@H](CCCNC(N)=O)C(=O)Nc1ccc(COC(=O)N2CCC[C@]3(C[C@@H](O)[C@H](C)[C@H](/C=C/C)O3)[C@H]2/C=C/C=C(\C)C[C@@H](C)/C=C(C)\C=C\[C@H]2CC=CC(=O)O2)cc1)C(C)C. The fourth-order valence-corrected chi connectivity index (χ4v) is 9.02. The van der Waals surface area contributed by atoms with Crippen molar-refractivity contribution in [3.8, 4) is 12.3 Å². The molecule has 2 fully saturated rings. The first-order valence-corrected chi connectivity index (χ1v) is 24.9. The third-order valence-electron chi connectivity index (χ3n) is 12.8. The van der Waals surface area contributed by atoms with Gasteiger partial charge in [-0.15, -0.1) is 12.3 Å². The van der Waals surface area contributed by atoms with Crippen molar-refractivity contribution in [2.24, 2.45) is 23.5 Å². The van der Waals surface area contributed by atoms with Crippen molar-refractivity contribution in [2.45, 2.75) is 148 Å². The van der Waals surface area contributed by atoms with E-state index < -0.39 is 59.9 Å². The number of carbonyl (C=O) groups excluding carboxylic acids is 6. The first-order valence-electron chi connectivity index (χ1n) is 24.9. The molecule has 0 radical (unpaired) electrons. The number of alkyl carbamates (subject to hydrolysis) is 1. The molecule has 392 valence electrons. The van der Waals surface area contributed by atoms with E-state index in [1.807, 2.05) is 69.4 Å². The van der Waals surface area contributed by atoms with E-state index in [9.17, 15) is 33.9 Å². The highest BCUT2D eigenvalue weighted by molar-refractivity contribution is 5.98. The number of hydrogen-bond donors (Lipinski definition) is 6. The molecule has 72 heavy (non-hydrogen) atoms. The number of esters is 1. The van der Waals surface area contributed by atoms with Crippen LogP contribution >= 0.6 is 0 Å². The predicted molar refractivity (Wildman–Crippen MR) is 276 cm³/mol. The van der Waals surface area contributed by atoms with E-state index in [0.29, 0.717) is 49.9 Å². The van der Waals surface area contributed by atoms with Gasteiger partial charge in [-0.2, -0.15) is 0 Å². The number of primary amides is 1.